The molecule has 122 valence electrons. The first-order valence-electron chi connectivity index (χ1n) is 8.57. The highest BCUT2D eigenvalue weighted by molar-refractivity contribution is 6.31. The molecule has 2 aliphatic rings. The van der Waals surface area contributed by atoms with Gasteiger partial charge in [0.25, 0.3) is 0 Å². The second-order valence-corrected chi connectivity index (χ2v) is 7.69. The molecule has 3 nitrogen and oxygen atoms in total. The molecule has 23 heavy (non-hydrogen) atoms. The van der Waals surface area contributed by atoms with E-state index in [2.05, 4.69) is 17.9 Å². The predicted octanol–water partition coefficient (Wildman–Crippen LogP) is 4.33. The van der Waals surface area contributed by atoms with E-state index in [1.807, 2.05) is 18.2 Å². The molecule has 1 aliphatic carbocycles. The third kappa shape index (κ3) is 2.60. The third-order valence-corrected chi connectivity index (χ3v) is 5.99. The Hall–Kier alpha value is -1.32. The molecule has 1 N–H and O–H groups in total. The fourth-order valence-corrected chi connectivity index (χ4v) is 4.63. The van der Waals surface area contributed by atoms with Gasteiger partial charge in [0.15, 0.2) is 0 Å². The molecule has 4 rings (SSSR count). The molecular weight excluding hydrogens is 308 g/mol. The Balaban J connectivity index is 1.70. The van der Waals surface area contributed by atoms with Gasteiger partial charge in [-0.1, -0.05) is 18.0 Å². The van der Waals surface area contributed by atoms with Crippen molar-refractivity contribution in [3.8, 4) is 0 Å². The Kier molecular flexibility index (Phi) is 3.73. The molecule has 0 amide bonds. The van der Waals surface area contributed by atoms with Gasteiger partial charge in [0, 0.05) is 28.9 Å². The van der Waals surface area contributed by atoms with Crippen LogP contribution in [-0.2, 0) is 0 Å². The van der Waals surface area contributed by atoms with Crippen molar-refractivity contribution in [2.45, 2.75) is 45.1 Å². The summed E-state index contributed by atoms with van der Waals surface area (Å²) in [5.74, 6) is 1.04. The van der Waals surface area contributed by atoms with Crippen LogP contribution in [0.5, 0.6) is 0 Å². The van der Waals surface area contributed by atoms with Crippen LogP contribution >= 0.6 is 11.6 Å². The highest BCUT2D eigenvalue weighted by Crippen LogP contribution is 2.45. The summed E-state index contributed by atoms with van der Waals surface area (Å²) in [7, 11) is 0. The van der Waals surface area contributed by atoms with Crippen molar-refractivity contribution in [2.75, 3.05) is 18.0 Å². The van der Waals surface area contributed by atoms with Gasteiger partial charge in [-0.05, 0) is 62.4 Å². The number of benzene rings is 1. The van der Waals surface area contributed by atoms with Crippen LogP contribution in [0.4, 0.5) is 5.82 Å². The number of aryl methyl sites for hydroxylation is 1. The van der Waals surface area contributed by atoms with Crippen LogP contribution in [0.15, 0.2) is 24.3 Å². The molecule has 1 saturated carbocycles. The van der Waals surface area contributed by atoms with Crippen LogP contribution in [-0.4, -0.2) is 29.3 Å². The van der Waals surface area contributed by atoms with E-state index in [4.69, 9.17) is 16.6 Å². The number of hydrogen-bond acceptors (Lipinski definition) is 3. The highest BCUT2D eigenvalue weighted by Gasteiger charge is 2.44. The predicted molar refractivity (Wildman–Crippen MR) is 95.2 cm³/mol. The van der Waals surface area contributed by atoms with Gasteiger partial charge < -0.3 is 10.0 Å². The number of hydrogen-bond donors (Lipinski definition) is 1. The summed E-state index contributed by atoms with van der Waals surface area (Å²) in [6, 6.07) is 8.05. The number of fused-ring (bicyclic) bond motifs is 1. The van der Waals surface area contributed by atoms with Crippen molar-refractivity contribution >= 4 is 28.3 Å². The zero-order valence-corrected chi connectivity index (χ0v) is 14.3. The zero-order valence-electron chi connectivity index (χ0n) is 13.6. The minimum absolute atomic E-state index is 0.0861. The van der Waals surface area contributed by atoms with Gasteiger partial charge in [-0.25, -0.2) is 4.98 Å². The van der Waals surface area contributed by atoms with Crippen molar-refractivity contribution in [1.29, 1.82) is 0 Å². The van der Waals surface area contributed by atoms with Crippen molar-refractivity contribution in [1.82, 2.24) is 4.98 Å². The summed E-state index contributed by atoms with van der Waals surface area (Å²) in [6.45, 7) is 4.08. The minimum atomic E-state index is -0.148. The van der Waals surface area contributed by atoms with Crippen LogP contribution < -0.4 is 4.90 Å². The lowest BCUT2D eigenvalue weighted by molar-refractivity contribution is 0.0408. The van der Waals surface area contributed by atoms with E-state index in [0.29, 0.717) is 0 Å². The molecule has 0 unspecified atom stereocenters. The lowest BCUT2D eigenvalue weighted by Gasteiger charge is -2.43. The molecule has 0 radical (unpaired) electrons. The van der Waals surface area contributed by atoms with E-state index >= 15 is 0 Å². The largest absolute Gasteiger partial charge is 0.392 e. The smallest absolute Gasteiger partial charge is 0.129 e. The Morgan fingerprint density at radius 2 is 2.09 bits per heavy atom. The molecule has 1 spiro atoms. The molecule has 2 atom stereocenters. The molecule has 0 bridgehead atoms. The number of anilines is 1. The number of halogens is 1. The number of pyridine rings is 1. The molecule has 4 heteroatoms. The Bertz CT molecular complexity index is 747. The first-order valence-corrected chi connectivity index (χ1v) is 8.95. The maximum absolute atomic E-state index is 10.5. The maximum atomic E-state index is 10.5. The van der Waals surface area contributed by atoms with E-state index in [9.17, 15) is 5.11 Å². The van der Waals surface area contributed by atoms with Crippen molar-refractivity contribution < 1.29 is 5.11 Å². The lowest BCUT2D eigenvalue weighted by Crippen LogP contribution is -2.47. The van der Waals surface area contributed by atoms with E-state index < -0.39 is 0 Å². The molecule has 2 fully saturated rings. The van der Waals surface area contributed by atoms with Gasteiger partial charge in [0.1, 0.15) is 5.82 Å². The van der Waals surface area contributed by atoms with Crippen LogP contribution in [0, 0.1) is 12.3 Å². The summed E-state index contributed by atoms with van der Waals surface area (Å²) in [4.78, 5) is 7.24. The quantitative estimate of drug-likeness (QED) is 0.845. The highest BCUT2D eigenvalue weighted by atomic mass is 35.5. The topological polar surface area (TPSA) is 36.4 Å². The molecule has 2 heterocycles. The van der Waals surface area contributed by atoms with Gasteiger partial charge in [-0.3, -0.25) is 0 Å². The van der Waals surface area contributed by atoms with Crippen LogP contribution in [0.1, 0.15) is 37.7 Å². The first kappa shape index (κ1) is 15.2. The summed E-state index contributed by atoms with van der Waals surface area (Å²) in [5, 5.41) is 12.3. The number of nitrogens with zero attached hydrogens (tertiary/aromatic N) is 2. The van der Waals surface area contributed by atoms with E-state index in [1.165, 1.54) is 5.56 Å². The second-order valence-electron chi connectivity index (χ2n) is 7.25. The van der Waals surface area contributed by atoms with Crippen molar-refractivity contribution in [2.24, 2.45) is 5.41 Å². The Morgan fingerprint density at radius 1 is 1.26 bits per heavy atom. The first-order chi connectivity index (χ1) is 11.1. The SMILES string of the molecule is Cc1cc(N2CCC[C@]3(CCC[C@H]3O)C2)nc2ccc(Cl)cc12. The molecule has 2 aromatic rings. The van der Waals surface area contributed by atoms with Crippen LogP contribution in [0.25, 0.3) is 10.9 Å². The molecule has 1 aliphatic heterocycles. The van der Waals surface area contributed by atoms with Gasteiger partial charge in [0.2, 0.25) is 0 Å². The van der Waals surface area contributed by atoms with E-state index in [-0.39, 0.29) is 11.5 Å². The number of piperidine rings is 1. The Labute approximate surface area is 142 Å². The fourth-order valence-electron chi connectivity index (χ4n) is 4.46. The minimum Gasteiger partial charge on any atom is -0.392 e. The Morgan fingerprint density at radius 3 is 2.87 bits per heavy atom. The normalized spacial score (nSPS) is 28.0. The maximum Gasteiger partial charge on any atom is 0.129 e. The monoisotopic (exact) mass is 330 g/mol. The van der Waals surface area contributed by atoms with Gasteiger partial charge in [0.05, 0.1) is 11.6 Å². The van der Waals surface area contributed by atoms with Crippen molar-refractivity contribution in [3.05, 3.63) is 34.9 Å². The fraction of sp³-hybridized carbons (Fsp3) is 0.526. The van der Waals surface area contributed by atoms with Crippen LogP contribution in [0.2, 0.25) is 5.02 Å². The van der Waals surface area contributed by atoms with Gasteiger partial charge in [-0.2, -0.15) is 0 Å². The molecule has 1 saturated heterocycles. The lowest BCUT2D eigenvalue weighted by atomic mass is 9.76. The zero-order chi connectivity index (χ0) is 16.0. The third-order valence-electron chi connectivity index (χ3n) is 5.76. The van der Waals surface area contributed by atoms with Crippen molar-refractivity contribution in [3.63, 3.8) is 0 Å². The number of aromatic nitrogens is 1. The number of aliphatic hydroxyl groups is 1. The standard InChI is InChI=1S/C19H23ClN2O/c1-13-10-18(21-16-6-5-14(20)11-15(13)16)22-9-3-8-19(12-22)7-2-4-17(19)23/h5-6,10-11,17,23H,2-4,7-9,12H2,1H3/t17-,19-/m1/s1. The molecule has 1 aromatic heterocycles. The summed E-state index contributed by atoms with van der Waals surface area (Å²) in [6.07, 6.45) is 5.38. The van der Waals surface area contributed by atoms with Gasteiger partial charge >= 0.3 is 0 Å². The molecular formula is C19H23ClN2O. The summed E-state index contributed by atoms with van der Waals surface area (Å²) in [5.41, 5.74) is 2.29. The number of rotatable bonds is 1. The second kappa shape index (κ2) is 5.64. The van der Waals surface area contributed by atoms with E-state index in [0.717, 1.165) is 66.9 Å². The number of aliphatic hydroxyl groups excluding tert-OH is 1. The average Bonchev–Trinajstić information content (AvgIpc) is 2.88. The van der Waals surface area contributed by atoms with Gasteiger partial charge in [-0.15, -0.1) is 0 Å². The van der Waals surface area contributed by atoms with Crippen LogP contribution in [0.3, 0.4) is 0 Å². The summed E-state index contributed by atoms with van der Waals surface area (Å²) >= 11 is 6.11. The summed E-state index contributed by atoms with van der Waals surface area (Å²) < 4.78 is 0. The average molecular weight is 331 g/mol. The molecule has 1 aromatic carbocycles. The van der Waals surface area contributed by atoms with E-state index in [1.54, 1.807) is 0 Å².